The molecule has 0 aliphatic rings. The largest absolute Gasteiger partial charge is 0.392 e. The van der Waals surface area contributed by atoms with E-state index in [9.17, 15) is 0 Å². The van der Waals surface area contributed by atoms with Gasteiger partial charge >= 0.3 is 0 Å². The molecule has 2 aromatic heterocycles. The van der Waals surface area contributed by atoms with Crippen LogP contribution in [0.3, 0.4) is 0 Å². The van der Waals surface area contributed by atoms with E-state index < -0.39 is 0 Å². The fourth-order valence-corrected chi connectivity index (χ4v) is 1.93. The minimum Gasteiger partial charge on any atom is -0.392 e. The van der Waals surface area contributed by atoms with Crippen molar-refractivity contribution >= 4 is 22.4 Å². The van der Waals surface area contributed by atoms with Crippen LogP contribution in [0, 0.1) is 0 Å². The molecule has 0 unspecified atom stereocenters. The number of aromatic nitrogens is 2. The second-order valence-electron chi connectivity index (χ2n) is 4.25. The van der Waals surface area contributed by atoms with Crippen molar-refractivity contribution in [2.24, 2.45) is 0 Å². The van der Waals surface area contributed by atoms with Crippen LogP contribution >= 0.6 is 0 Å². The van der Waals surface area contributed by atoms with Gasteiger partial charge in [0, 0.05) is 11.6 Å². The molecule has 0 atom stereocenters. The Hall–Kier alpha value is -2.46. The van der Waals surface area contributed by atoms with Crippen molar-refractivity contribution in [1.29, 1.82) is 0 Å². The zero-order valence-corrected chi connectivity index (χ0v) is 10.2. The lowest BCUT2D eigenvalue weighted by molar-refractivity contribution is 0.282. The topological polar surface area (TPSA) is 58.0 Å². The highest BCUT2D eigenvalue weighted by Gasteiger charge is 2.00. The van der Waals surface area contributed by atoms with Gasteiger partial charge in [-0.2, -0.15) is 0 Å². The predicted molar refractivity (Wildman–Crippen MR) is 75.2 cm³/mol. The molecule has 0 saturated heterocycles. The van der Waals surface area contributed by atoms with Crippen LogP contribution in [0.4, 0.5) is 11.5 Å². The third-order valence-electron chi connectivity index (χ3n) is 2.87. The lowest BCUT2D eigenvalue weighted by Crippen LogP contribution is -1.95. The van der Waals surface area contributed by atoms with Gasteiger partial charge in [0.15, 0.2) is 0 Å². The van der Waals surface area contributed by atoms with Gasteiger partial charge in [-0.25, -0.2) is 4.98 Å². The standard InChI is InChI=1S/C15H13N3O/c19-10-11-5-6-16-15(7-11)18-13-8-12-3-1-2-4-14(12)17-9-13/h1-9,19H,10H2,(H,16,18). The minimum absolute atomic E-state index is 0.00711. The molecule has 4 nitrogen and oxygen atoms in total. The molecule has 2 N–H and O–H groups in total. The Morgan fingerprint density at radius 2 is 1.95 bits per heavy atom. The smallest absolute Gasteiger partial charge is 0.130 e. The Morgan fingerprint density at radius 3 is 2.84 bits per heavy atom. The number of rotatable bonds is 3. The van der Waals surface area contributed by atoms with E-state index in [1.165, 1.54) is 0 Å². The van der Waals surface area contributed by atoms with Crippen LogP contribution in [0.1, 0.15) is 5.56 Å². The highest BCUT2D eigenvalue weighted by Crippen LogP contribution is 2.19. The number of benzene rings is 1. The number of aliphatic hydroxyl groups excluding tert-OH is 1. The molecule has 0 bridgehead atoms. The summed E-state index contributed by atoms with van der Waals surface area (Å²) in [6.45, 7) is 0.00711. The molecule has 1 aromatic carbocycles. The number of hydrogen-bond acceptors (Lipinski definition) is 4. The van der Waals surface area contributed by atoms with E-state index in [1.807, 2.05) is 36.4 Å². The first-order chi connectivity index (χ1) is 9.35. The van der Waals surface area contributed by atoms with E-state index in [2.05, 4.69) is 15.3 Å². The number of para-hydroxylation sites is 1. The van der Waals surface area contributed by atoms with E-state index >= 15 is 0 Å². The van der Waals surface area contributed by atoms with Crippen molar-refractivity contribution in [2.45, 2.75) is 6.61 Å². The number of aliphatic hydroxyl groups is 1. The maximum atomic E-state index is 9.10. The molecule has 0 amide bonds. The van der Waals surface area contributed by atoms with Crippen LogP contribution in [-0.2, 0) is 6.61 Å². The van der Waals surface area contributed by atoms with Crippen molar-refractivity contribution in [3.63, 3.8) is 0 Å². The normalized spacial score (nSPS) is 10.6. The van der Waals surface area contributed by atoms with Crippen molar-refractivity contribution in [2.75, 3.05) is 5.32 Å². The van der Waals surface area contributed by atoms with Crippen molar-refractivity contribution < 1.29 is 5.11 Å². The van der Waals surface area contributed by atoms with Gasteiger partial charge in [-0.05, 0) is 29.8 Å². The molecule has 19 heavy (non-hydrogen) atoms. The summed E-state index contributed by atoms with van der Waals surface area (Å²) in [7, 11) is 0. The second-order valence-corrected chi connectivity index (χ2v) is 4.25. The van der Waals surface area contributed by atoms with Gasteiger partial charge in [-0.3, -0.25) is 4.98 Å². The van der Waals surface area contributed by atoms with Gasteiger partial charge in [0.2, 0.25) is 0 Å². The molecule has 94 valence electrons. The molecule has 0 fully saturated rings. The second kappa shape index (κ2) is 5.04. The zero-order chi connectivity index (χ0) is 13.1. The van der Waals surface area contributed by atoms with E-state index in [-0.39, 0.29) is 6.61 Å². The Morgan fingerprint density at radius 1 is 1.05 bits per heavy atom. The Balaban J connectivity index is 1.92. The van der Waals surface area contributed by atoms with Crippen LogP contribution in [0.25, 0.3) is 10.9 Å². The maximum Gasteiger partial charge on any atom is 0.130 e. The molecule has 0 radical (unpaired) electrons. The average molecular weight is 251 g/mol. The van der Waals surface area contributed by atoms with Gasteiger partial charge in [0.05, 0.1) is 24.0 Å². The number of pyridine rings is 2. The Kier molecular flexibility index (Phi) is 3.08. The number of nitrogens with one attached hydrogen (secondary N) is 1. The lowest BCUT2D eigenvalue weighted by Gasteiger charge is -2.07. The monoisotopic (exact) mass is 251 g/mol. The first kappa shape index (κ1) is 11.6. The summed E-state index contributed by atoms with van der Waals surface area (Å²) in [5, 5.41) is 13.4. The summed E-state index contributed by atoms with van der Waals surface area (Å²) in [6, 6.07) is 13.6. The minimum atomic E-state index is 0.00711. The number of fused-ring (bicyclic) bond motifs is 1. The summed E-state index contributed by atoms with van der Waals surface area (Å²) in [6.07, 6.45) is 3.44. The highest BCUT2D eigenvalue weighted by atomic mass is 16.3. The highest BCUT2D eigenvalue weighted by molar-refractivity contribution is 5.82. The van der Waals surface area contributed by atoms with Gasteiger partial charge < -0.3 is 10.4 Å². The zero-order valence-electron chi connectivity index (χ0n) is 10.2. The van der Waals surface area contributed by atoms with Crippen molar-refractivity contribution in [3.05, 3.63) is 60.4 Å². The first-order valence-electron chi connectivity index (χ1n) is 6.03. The lowest BCUT2D eigenvalue weighted by atomic mass is 10.2. The van der Waals surface area contributed by atoms with Crippen molar-refractivity contribution in [1.82, 2.24) is 9.97 Å². The fourth-order valence-electron chi connectivity index (χ4n) is 1.93. The Labute approximate surface area is 110 Å². The number of nitrogens with zero attached hydrogens (tertiary/aromatic N) is 2. The van der Waals surface area contributed by atoms with Gasteiger partial charge in [-0.1, -0.05) is 18.2 Å². The summed E-state index contributed by atoms with van der Waals surface area (Å²) >= 11 is 0. The summed E-state index contributed by atoms with van der Waals surface area (Å²) in [5.74, 6) is 0.698. The molecule has 0 spiro atoms. The van der Waals surface area contributed by atoms with Crippen molar-refractivity contribution in [3.8, 4) is 0 Å². The quantitative estimate of drug-likeness (QED) is 0.751. The first-order valence-corrected chi connectivity index (χ1v) is 6.03. The maximum absolute atomic E-state index is 9.10. The summed E-state index contributed by atoms with van der Waals surface area (Å²) < 4.78 is 0. The number of hydrogen-bond donors (Lipinski definition) is 2. The average Bonchev–Trinajstić information content (AvgIpc) is 2.47. The van der Waals surface area contributed by atoms with Gasteiger partial charge in [-0.15, -0.1) is 0 Å². The van der Waals surface area contributed by atoms with Gasteiger partial charge in [0.1, 0.15) is 5.82 Å². The third kappa shape index (κ3) is 2.53. The molecule has 0 aliphatic heterocycles. The Bertz CT molecular complexity index is 712. The molecule has 4 heteroatoms. The fraction of sp³-hybridized carbons (Fsp3) is 0.0667. The molecule has 3 aromatic rings. The molecular weight excluding hydrogens is 238 g/mol. The summed E-state index contributed by atoms with van der Waals surface area (Å²) in [5.41, 5.74) is 2.66. The predicted octanol–water partition coefficient (Wildman–Crippen LogP) is 2.87. The molecule has 3 rings (SSSR count). The van der Waals surface area contributed by atoms with Crippen LogP contribution in [0.15, 0.2) is 54.9 Å². The molecule has 0 saturated carbocycles. The van der Waals surface area contributed by atoms with E-state index in [0.717, 1.165) is 22.2 Å². The van der Waals surface area contributed by atoms with Crippen LogP contribution in [0.2, 0.25) is 0 Å². The number of anilines is 2. The molecule has 0 aliphatic carbocycles. The van der Waals surface area contributed by atoms with E-state index in [4.69, 9.17) is 5.11 Å². The van der Waals surface area contributed by atoms with Gasteiger partial charge in [0.25, 0.3) is 0 Å². The summed E-state index contributed by atoms with van der Waals surface area (Å²) in [4.78, 5) is 8.59. The van der Waals surface area contributed by atoms with Crippen LogP contribution in [0.5, 0.6) is 0 Å². The van der Waals surface area contributed by atoms with Crippen LogP contribution in [-0.4, -0.2) is 15.1 Å². The van der Waals surface area contributed by atoms with E-state index in [0.29, 0.717) is 5.82 Å². The third-order valence-corrected chi connectivity index (χ3v) is 2.87. The van der Waals surface area contributed by atoms with Crippen LogP contribution < -0.4 is 5.32 Å². The van der Waals surface area contributed by atoms with E-state index in [1.54, 1.807) is 18.5 Å². The SMILES string of the molecule is OCc1ccnc(Nc2cnc3ccccc3c2)c1. The molecular formula is C15H13N3O. The molecule has 2 heterocycles.